The highest BCUT2D eigenvalue weighted by Gasteiger charge is 2.35. The smallest absolute Gasteiger partial charge is 0.231 e. The summed E-state index contributed by atoms with van der Waals surface area (Å²) in [5.74, 6) is 2.53. The molecule has 4 heteroatoms. The predicted octanol–water partition coefficient (Wildman–Crippen LogP) is 3.41. The molecule has 1 aromatic carbocycles. The van der Waals surface area contributed by atoms with E-state index in [0.717, 1.165) is 30.2 Å². The van der Waals surface area contributed by atoms with Gasteiger partial charge in [-0.25, -0.2) is 0 Å². The largest absolute Gasteiger partial charge is 0.487 e. The van der Waals surface area contributed by atoms with Crippen LogP contribution in [0.2, 0.25) is 0 Å². The van der Waals surface area contributed by atoms with Crippen LogP contribution >= 0.6 is 0 Å². The molecule has 0 fully saturated rings. The fourth-order valence-corrected chi connectivity index (χ4v) is 2.88. The normalized spacial score (nSPS) is 22.2. The van der Waals surface area contributed by atoms with E-state index in [1.54, 1.807) is 0 Å². The lowest BCUT2D eigenvalue weighted by molar-refractivity contribution is 0.0658. The maximum Gasteiger partial charge on any atom is 0.231 e. The molecule has 0 amide bonds. The predicted molar refractivity (Wildman–Crippen MR) is 77.5 cm³/mol. The van der Waals surface area contributed by atoms with Gasteiger partial charge < -0.3 is 19.5 Å². The van der Waals surface area contributed by atoms with Crippen molar-refractivity contribution in [3.63, 3.8) is 0 Å². The molecule has 0 saturated carbocycles. The zero-order valence-corrected chi connectivity index (χ0v) is 12.5. The summed E-state index contributed by atoms with van der Waals surface area (Å²) < 4.78 is 17.0. The van der Waals surface area contributed by atoms with E-state index in [9.17, 15) is 0 Å². The Labute approximate surface area is 120 Å². The maximum absolute atomic E-state index is 6.11. The van der Waals surface area contributed by atoms with Gasteiger partial charge in [-0.1, -0.05) is 13.3 Å². The van der Waals surface area contributed by atoms with E-state index < -0.39 is 0 Å². The Morgan fingerprint density at radius 1 is 1.20 bits per heavy atom. The lowest BCUT2D eigenvalue weighted by atomic mass is 9.89. The number of benzene rings is 1. The molecule has 0 bridgehead atoms. The maximum atomic E-state index is 6.11. The van der Waals surface area contributed by atoms with Gasteiger partial charge in [0.1, 0.15) is 11.4 Å². The zero-order chi connectivity index (χ0) is 14.2. The zero-order valence-electron chi connectivity index (χ0n) is 12.5. The highest BCUT2D eigenvalue weighted by atomic mass is 16.7. The van der Waals surface area contributed by atoms with Crippen molar-refractivity contribution in [2.75, 3.05) is 13.3 Å². The van der Waals surface area contributed by atoms with Gasteiger partial charge in [-0.15, -0.1) is 0 Å². The minimum Gasteiger partial charge on any atom is -0.487 e. The lowest BCUT2D eigenvalue weighted by Crippen LogP contribution is -2.39. The van der Waals surface area contributed by atoms with E-state index in [2.05, 4.69) is 32.2 Å². The quantitative estimate of drug-likeness (QED) is 0.856. The van der Waals surface area contributed by atoms with Gasteiger partial charge in [0.15, 0.2) is 11.5 Å². The Bertz CT molecular complexity index is 499. The first-order valence-electron chi connectivity index (χ1n) is 7.45. The fourth-order valence-electron chi connectivity index (χ4n) is 2.88. The van der Waals surface area contributed by atoms with Crippen LogP contribution in [0.3, 0.4) is 0 Å². The number of rotatable bonds is 4. The molecule has 1 N–H and O–H groups in total. The van der Waals surface area contributed by atoms with Crippen molar-refractivity contribution >= 4 is 0 Å². The lowest BCUT2D eigenvalue weighted by Gasteiger charge is -2.38. The summed E-state index contributed by atoms with van der Waals surface area (Å²) in [6, 6.07) is 4.35. The van der Waals surface area contributed by atoms with Crippen LogP contribution in [0.25, 0.3) is 0 Å². The molecule has 1 aromatic rings. The molecule has 0 radical (unpaired) electrons. The molecule has 2 aliphatic heterocycles. The number of fused-ring (bicyclic) bond motifs is 2. The average molecular weight is 277 g/mol. The SMILES string of the molecule is CCCCNC1CC(C)(C)Oc2cc3c(cc21)OCO3. The van der Waals surface area contributed by atoms with Gasteiger partial charge >= 0.3 is 0 Å². The summed E-state index contributed by atoms with van der Waals surface area (Å²) in [5.41, 5.74) is 1.02. The molecular formula is C16H23NO3. The van der Waals surface area contributed by atoms with Crippen LogP contribution in [-0.2, 0) is 0 Å². The van der Waals surface area contributed by atoms with E-state index in [1.165, 1.54) is 18.4 Å². The van der Waals surface area contributed by atoms with E-state index in [4.69, 9.17) is 14.2 Å². The Hall–Kier alpha value is -1.42. The Kier molecular flexibility index (Phi) is 3.50. The number of ether oxygens (including phenoxy) is 3. The van der Waals surface area contributed by atoms with Crippen molar-refractivity contribution in [2.45, 2.75) is 51.7 Å². The van der Waals surface area contributed by atoms with Gasteiger partial charge in [0.25, 0.3) is 0 Å². The summed E-state index contributed by atoms with van der Waals surface area (Å²) >= 11 is 0. The van der Waals surface area contributed by atoms with E-state index in [0.29, 0.717) is 12.8 Å². The van der Waals surface area contributed by atoms with Crippen LogP contribution in [0.5, 0.6) is 17.2 Å². The van der Waals surface area contributed by atoms with Gasteiger partial charge in [0, 0.05) is 24.1 Å². The summed E-state index contributed by atoms with van der Waals surface area (Å²) in [6.07, 6.45) is 3.36. The molecule has 1 unspecified atom stereocenters. The number of hydrogen-bond acceptors (Lipinski definition) is 4. The van der Waals surface area contributed by atoms with Crippen molar-refractivity contribution in [1.82, 2.24) is 5.32 Å². The molecule has 0 saturated heterocycles. The molecule has 0 aliphatic carbocycles. The van der Waals surface area contributed by atoms with Crippen LogP contribution in [0, 0.1) is 0 Å². The highest BCUT2D eigenvalue weighted by Crippen LogP contribution is 2.46. The second-order valence-corrected chi connectivity index (χ2v) is 6.17. The number of hydrogen-bond donors (Lipinski definition) is 1. The molecule has 2 aliphatic rings. The number of unbranched alkanes of at least 4 members (excludes halogenated alkanes) is 1. The minimum absolute atomic E-state index is 0.162. The fraction of sp³-hybridized carbons (Fsp3) is 0.625. The van der Waals surface area contributed by atoms with Crippen LogP contribution in [0.1, 0.15) is 51.6 Å². The topological polar surface area (TPSA) is 39.7 Å². The first kappa shape index (κ1) is 13.6. The van der Waals surface area contributed by atoms with Gasteiger partial charge in [-0.2, -0.15) is 0 Å². The van der Waals surface area contributed by atoms with Crippen LogP contribution < -0.4 is 19.5 Å². The minimum atomic E-state index is -0.162. The third-order valence-electron chi connectivity index (χ3n) is 3.88. The van der Waals surface area contributed by atoms with Crippen LogP contribution in [-0.4, -0.2) is 18.9 Å². The van der Waals surface area contributed by atoms with E-state index in [1.807, 2.05) is 6.07 Å². The van der Waals surface area contributed by atoms with E-state index in [-0.39, 0.29) is 5.60 Å². The summed E-state index contributed by atoms with van der Waals surface area (Å²) in [7, 11) is 0. The van der Waals surface area contributed by atoms with Gasteiger partial charge in [0.05, 0.1) is 0 Å². The summed E-state index contributed by atoms with van der Waals surface area (Å²) in [4.78, 5) is 0. The van der Waals surface area contributed by atoms with Gasteiger partial charge in [-0.3, -0.25) is 0 Å². The molecule has 4 nitrogen and oxygen atoms in total. The van der Waals surface area contributed by atoms with Crippen LogP contribution in [0.15, 0.2) is 12.1 Å². The van der Waals surface area contributed by atoms with Crippen molar-refractivity contribution < 1.29 is 14.2 Å². The molecule has 0 spiro atoms. The Balaban J connectivity index is 1.89. The average Bonchev–Trinajstić information content (AvgIpc) is 2.82. The third-order valence-corrected chi connectivity index (χ3v) is 3.88. The standard InChI is InChI=1S/C16H23NO3/c1-4-5-6-17-12-9-16(2,3)20-13-8-15-14(7-11(12)13)18-10-19-15/h7-8,12,17H,4-6,9-10H2,1-3H3. The van der Waals surface area contributed by atoms with Crippen molar-refractivity contribution in [1.29, 1.82) is 0 Å². The molecule has 0 aromatic heterocycles. The Morgan fingerprint density at radius 2 is 1.95 bits per heavy atom. The first-order chi connectivity index (χ1) is 9.59. The molecular weight excluding hydrogens is 254 g/mol. The van der Waals surface area contributed by atoms with Crippen molar-refractivity contribution in [3.05, 3.63) is 17.7 Å². The monoisotopic (exact) mass is 277 g/mol. The van der Waals surface area contributed by atoms with E-state index >= 15 is 0 Å². The Morgan fingerprint density at radius 3 is 2.70 bits per heavy atom. The van der Waals surface area contributed by atoms with Gasteiger partial charge in [-0.05, 0) is 32.9 Å². The summed E-state index contributed by atoms with van der Waals surface area (Å²) in [6.45, 7) is 7.81. The molecule has 2 heterocycles. The van der Waals surface area contributed by atoms with Gasteiger partial charge in [0.2, 0.25) is 6.79 Å². The molecule has 3 rings (SSSR count). The molecule has 1 atom stereocenters. The van der Waals surface area contributed by atoms with Crippen LogP contribution in [0.4, 0.5) is 0 Å². The molecule has 110 valence electrons. The third kappa shape index (κ3) is 2.57. The second-order valence-electron chi connectivity index (χ2n) is 6.17. The summed E-state index contributed by atoms with van der Waals surface area (Å²) in [5, 5.41) is 3.65. The number of nitrogens with one attached hydrogen (secondary N) is 1. The molecule has 20 heavy (non-hydrogen) atoms. The van der Waals surface area contributed by atoms with Crippen molar-refractivity contribution in [2.24, 2.45) is 0 Å². The first-order valence-corrected chi connectivity index (χ1v) is 7.45. The highest BCUT2D eigenvalue weighted by molar-refractivity contribution is 5.53. The second kappa shape index (κ2) is 5.17. The van der Waals surface area contributed by atoms with Crippen molar-refractivity contribution in [3.8, 4) is 17.2 Å².